The van der Waals surface area contributed by atoms with Gasteiger partial charge < -0.3 is 4.57 Å². The van der Waals surface area contributed by atoms with E-state index in [1.807, 2.05) is 4.57 Å². The molecule has 2 N–H and O–H groups in total. The average Bonchev–Trinajstić information content (AvgIpc) is 2.98. The molecule has 2 heterocycles. The van der Waals surface area contributed by atoms with E-state index in [9.17, 15) is 4.79 Å². The lowest BCUT2D eigenvalue weighted by molar-refractivity contribution is -0.113. The third kappa shape index (κ3) is 2.92. The van der Waals surface area contributed by atoms with E-state index in [1.165, 1.54) is 11.8 Å². The molecule has 1 aliphatic rings. The summed E-state index contributed by atoms with van der Waals surface area (Å²) in [6.45, 7) is 1.77. The maximum absolute atomic E-state index is 11.7. The van der Waals surface area contributed by atoms with Crippen LogP contribution in [0.4, 0.5) is 5.95 Å². The van der Waals surface area contributed by atoms with Crippen LogP contribution in [0.25, 0.3) is 0 Å². The van der Waals surface area contributed by atoms with Crippen molar-refractivity contribution >= 4 is 23.6 Å². The molecule has 1 amide bonds. The Labute approximate surface area is 113 Å². The third-order valence-electron chi connectivity index (χ3n) is 2.66. The summed E-state index contributed by atoms with van der Waals surface area (Å²) in [5.74, 6) is 1.07. The van der Waals surface area contributed by atoms with Crippen LogP contribution in [-0.2, 0) is 4.79 Å². The van der Waals surface area contributed by atoms with Crippen molar-refractivity contribution in [3.8, 4) is 0 Å². The van der Waals surface area contributed by atoms with Gasteiger partial charge >= 0.3 is 0 Å². The molecule has 19 heavy (non-hydrogen) atoms. The Morgan fingerprint density at radius 3 is 3.16 bits per heavy atom. The lowest BCUT2D eigenvalue weighted by atomic mass is 10.7. The number of carbonyl (C=O) groups excluding carboxylic acids is 1. The van der Waals surface area contributed by atoms with Gasteiger partial charge in [-0.05, 0) is 19.8 Å². The number of aromatic nitrogens is 6. The van der Waals surface area contributed by atoms with E-state index in [-0.39, 0.29) is 11.7 Å². The minimum atomic E-state index is -0.158. The Balaban J connectivity index is 1.54. The first-order valence-electron chi connectivity index (χ1n) is 5.93. The number of amides is 1. The normalized spacial score (nSPS) is 14.6. The van der Waals surface area contributed by atoms with Crippen molar-refractivity contribution < 1.29 is 4.79 Å². The van der Waals surface area contributed by atoms with Crippen LogP contribution in [-0.4, -0.2) is 41.6 Å². The number of hydrogen-bond donors (Lipinski definition) is 2. The molecular formula is C10H13N7OS. The van der Waals surface area contributed by atoms with Crippen LogP contribution in [0.1, 0.15) is 24.7 Å². The number of aryl methyl sites for hydroxylation is 1. The highest BCUT2D eigenvalue weighted by Gasteiger charge is 2.26. The topological polar surface area (TPSA) is 101 Å². The molecule has 1 saturated carbocycles. The Bertz CT molecular complexity index is 588. The molecule has 0 atom stereocenters. The molecule has 0 unspecified atom stereocenters. The minimum Gasteiger partial charge on any atom is -0.306 e. The van der Waals surface area contributed by atoms with Gasteiger partial charge in [-0.3, -0.25) is 15.2 Å². The Hall–Kier alpha value is -1.90. The first-order chi connectivity index (χ1) is 9.22. The summed E-state index contributed by atoms with van der Waals surface area (Å²) >= 11 is 1.37. The minimum absolute atomic E-state index is 0.158. The maximum Gasteiger partial charge on any atom is 0.248 e. The van der Waals surface area contributed by atoms with E-state index < -0.39 is 0 Å². The summed E-state index contributed by atoms with van der Waals surface area (Å²) in [5, 5.41) is 17.8. The van der Waals surface area contributed by atoms with Crippen LogP contribution >= 0.6 is 11.8 Å². The van der Waals surface area contributed by atoms with Gasteiger partial charge in [0, 0.05) is 6.04 Å². The molecule has 2 aromatic heterocycles. The molecule has 8 nitrogen and oxygen atoms in total. The van der Waals surface area contributed by atoms with Crippen molar-refractivity contribution in [2.24, 2.45) is 0 Å². The second-order valence-corrected chi connectivity index (χ2v) is 5.28. The molecule has 2 aromatic rings. The zero-order chi connectivity index (χ0) is 13.2. The van der Waals surface area contributed by atoms with Crippen LogP contribution in [0.5, 0.6) is 0 Å². The number of thioether (sulfide) groups is 1. The van der Waals surface area contributed by atoms with Crippen molar-refractivity contribution in [1.29, 1.82) is 0 Å². The van der Waals surface area contributed by atoms with E-state index in [4.69, 9.17) is 0 Å². The first-order valence-corrected chi connectivity index (χ1v) is 6.92. The molecule has 1 aliphatic carbocycles. The van der Waals surface area contributed by atoms with Crippen LogP contribution < -0.4 is 5.32 Å². The van der Waals surface area contributed by atoms with Crippen molar-refractivity contribution in [1.82, 2.24) is 29.9 Å². The zero-order valence-electron chi connectivity index (χ0n) is 10.3. The number of anilines is 1. The standard InChI is InChI=1S/C10H13N7OS/c1-6-12-9(15-14-6)13-8(18)4-19-10-16-11-5-17(10)7-2-3-7/h5,7H,2-4H2,1H3,(H2,12,13,14,15,18). The van der Waals surface area contributed by atoms with E-state index >= 15 is 0 Å². The maximum atomic E-state index is 11.7. The van der Waals surface area contributed by atoms with Crippen LogP contribution in [0.2, 0.25) is 0 Å². The number of aromatic amines is 1. The lowest BCUT2D eigenvalue weighted by Gasteiger charge is -2.03. The van der Waals surface area contributed by atoms with E-state index in [2.05, 4.69) is 30.7 Å². The second-order valence-electron chi connectivity index (χ2n) is 4.33. The van der Waals surface area contributed by atoms with Gasteiger partial charge in [-0.25, -0.2) is 0 Å². The molecule has 0 radical (unpaired) electrons. The van der Waals surface area contributed by atoms with Crippen LogP contribution in [0, 0.1) is 6.92 Å². The smallest absolute Gasteiger partial charge is 0.248 e. The summed E-state index contributed by atoms with van der Waals surface area (Å²) < 4.78 is 2.02. The fourth-order valence-corrected chi connectivity index (χ4v) is 2.41. The number of carbonyl (C=O) groups is 1. The summed E-state index contributed by atoms with van der Waals surface area (Å²) in [4.78, 5) is 15.7. The zero-order valence-corrected chi connectivity index (χ0v) is 11.1. The molecule has 0 aromatic carbocycles. The van der Waals surface area contributed by atoms with Gasteiger partial charge in [-0.2, -0.15) is 4.98 Å². The molecule has 0 aliphatic heterocycles. The number of H-pyrrole nitrogens is 1. The summed E-state index contributed by atoms with van der Waals surface area (Å²) in [6, 6.07) is 0.510. The number of nitrogens with one attached hydrogen (secondary N) is 2. The SMILES string of the molecule is Cc1nc(NC(=O)CSc2nncn2C2CC2)n[nH]1. The van der Waals surface area contributed by atoms with Crippen molar-refractivity contribution in [2.75, 3.05) is 11.1 Å². The highest BCUT2D eigenvalue weighted by Crippen LogP contribution is 2.37. The Morgan fingerprint density at radius 2 is 2.47 bits per heavy atom. The van der Waals surface area contributed by atoms with Gasteiger partial charge in [0.2, 0.25) is 11.9 Å². The number of rotatable bonds is 5. The number of nitrogens with zero attached hydrogens (tertiary/aromatic N) is 5. The molecule has 1 fully saturated rings. The van der Waals surface area contributed by atoms with Crippen LogP contribution in [0.3, 0.4) is 0 Å². The summed E-state index contributed by atoms with van der Waals surface area (Å²) in [5.41, 5.74) is 0. The van der Waals surface area contributed by atoms with Gasteiger partial charge in [0.25, 0.3) is 0 Å². The molecule has 0 spiro atoms. The molecule has 9 heteroatoms. The molecule has 0 saturated heterocycles. The quantitative estimate of drug-likeness (QED) is 0.784. The third-order valence-corrected chi connectivity index (χ3v) is 3.62. The van der Waals surface area contributed by atoms with Crippen molar-refractivity contribution in [3.63, 3.8) is 0 Å². The Kier molecular flexibility index (Phi) is 3.20. The predicted octanol–water partition coefficient (Wildman–Crippen LogP) is 0.770. The molecular weight excluding hydrogens is 266 g/mol. The van der Waals surface area contributed by atoms with Crippen molar-refractivity contribution in [3.05, 3.63) is 12.2 Å². The van der Waals surface area contributed by atoms with E-state index in [1.54, 1.807) is 13.3 Å². The fourth-order valence-electron chi connectivity index (χ4n) is 1.63. The van der Waals surface area contributed by atoms with Gasteiger partial charge in [0.15, 0.2) is 5.16 Å². The average molecular weight is 279 g/mol. The molecule has 0 bridgehead atoms. The van der Waals surface area contributed by atoms with Gasteiger partial charge in [0.05, 0.1) is 5.75 Å². The van der Waals surface area contributed by atoms with E-state index in [0.717, 1.165) is 18.0 Å². The number of hydrogen-bond acceptors (Lipinski definition) is 6. The van der Waals surface area contributed by atoms with E-state index in [0.29, 0.717) is 17.8 Å². The lowest BCUT2D eigenvalue weighted by Crippen LogP contribution is -2.15. The summed E-state index contributed by atoms with van der Waals surface area (Å²) in [7, 11) is 0. The molecule has 100 valence electrons. The van der Waals surface area contributed by atoms with Crippen LogP contribution in [0.15, 0.2) is 11.5 Å². The van der Waals surface area contributed by atoms with Gasteiger partial charge in [-0.15, -0.1) is 15.3 Å². The van der Waals surface area contributed by atoms with Crippen molar-refractivity contribution in [2.45, 2.75) is 31.0 Å². The second kappa shape index (κ2) is 5.00. The monoisotopic (exact) mass is 279 g/mol. The summed E-state index contributed by atoms with van der Waals surface area (Å²) in [6.07, 6.45) is 4.04. The Morgan fingerprint density at radius 1 is 1.63 bits per heavy atom. The highest BCUT2D eigenvalue weighted by atomic mass is 32.2. The molecule has 3 rings (SSSR count). The largest absolute Gasteiger partial charge is 0.306 e. The fraction of sp³-hybridized carbons (Fsp3) is 0.500. The first kappa shape index (κ1) is 12.2. The predicted molar refractivity (Wildman–Crippen MR) is 68.8 cm³/mol. The van der Waals surface area contributed by atoms with Gasteiger partial charge in [0.1, 0.15) is 12.2 Å². The van der Waals surface area contributed by atoms with Gasteiger partial charge in [-0.1, -0.05) is 11.8 Å². The highest BCUT2D eigenvalue weighted by molar-refractivity contribution is 7.99.